The van der Waals surface area contributed by atoms with Gasteiger partial charge in [0.25, 0.3) is 0 Å². The third-order valence-electron chi connectivity index (χ3n) is 8.10. The summed E-state index contributed by atoms with van der Waals surface area (Å²) >= 11 is 1.79. The maximum absolute atomic E-state index is 11.8. The molecule has 1 aliphatic rings. The molecule has 0 radical (unpaired) electrons. The molecule has 40 heavy (non-hydrogen) atoms. The largest absolute Gasteiger partial charge is 0.493 e. The molecule has 0 aliphatic carbocycles. The summed E-state index contributed by atoms with van der Waals surface area (Å²) in [5.74, 6) is 1.37. The summed E-state index contributed by atoms with van der Waals surface area (Å²) in [7, 11) is 1.64. The van der Waals surface area contributed by atoms with Crippen LogP contribution in [-0.4, -0.2) is 91.7 Å². The van der Waals surface area contributed by atoms with Crippen molar-refractivity contribution in [3.8, 4) is 27.7 Å². The van der Waals surface area contributed by atoms with Gasteiger partial charge in [-0.2, -0.15) is 10.2 Å². The van der Waals surface area contributed by atoms with E-state index < -0.39 is 0 Å². The zero-order valence-corrected chi connectivity index (χ0v) is 25.2. The Balaban J connectivity index is 1.37. The third kappa shape index (κ3) is 5.42. The van der Waals surface area contributed by atoms with Gasteiger partial charge >= 0.3 is 0 Å². The van der Waals surface area contributed by atoms with Crippen LogP contribution in [0.5, 0.6) is 5.75 Å². The van der Waals surface area contributed by atoms with Gasteiger partial charge in [-0.1, -0.05) is 27.7 Å². The van der Waals surface area contributed by atoms with Gasteiger partial charge in [0.15, 0.2) is 11.4 Å². The second-order valence-electron chi connectivity index (χ2n) is 10.8. The first-order valence-corrected chi connectivity index (χ1v) is 15.0. The molecular weight excluding hydrogens is 524 g/mol. The van der Waals surface area contributed by atoms with E-state index in [-0.39, 0.29) is 12.0 Å². The molecular formula is C29H40N8O2S. The number of rotatable bonds is 11. The van der Waals surface area contributed by atoms with E-state index >= 15 is 0 Å². The van der Waals surface area contributed by atoms with E-state index in [1.165, 1.54) is 11.2 Å². The van der Waals surface area contributed by atoms with Gasteiger partial charge in [0.2, 0.25) is 0 Å². The number of carbonyl (C=O) groups is 1. The van der Waals surface area contributed by atoms with Crippen LogP contribution in [0.2, 0.25) is 0 Å². The number of thiazole rings is 1. The van der Waals surface area contributed by atoms with Gasteiger partial charge in [0.05, 0.1) is 30.2 Å². The lowest BCUT2D eigenvalue weighted by Crippen LogP contribution is -2.47. The number of carbonyl (C=O) groups excluding carboxylic acids is 1. The number of hydrogen-bond acceptors (Lipinski definition) is 9. The number of nitrogens with zero attached hydrogens (tertiary/aromatic N) is 7. The number of likely N-dealkylation sites (N-methyl/N-ethyl adjacent to an activating group) is 1. The molecule has 0 amide bonds. The van der Waals surface area contributed by atoms with Crippen molar-refractivity contribution in [1.29, 1.82) is 0 Å². The van der Waals surface area contributed by atoms with Crippen molar-refractivity contribution < 1.29 is 9.53 Å². The standard InChI is InChI=1S/C29H40N8O2S/c1-7-36(8-2)22(16-38)15-35-11-9-20(10-12-35)27-19(5)32-29(40-27)26-24(18(3)4)25(33-34-26)21-13-23(39-6)28-30-17-31-37(28)14-21/h13-14,16-18,20,22H,7-12,15H2,1-6H3,(H,33,34). The van der Waals surface area contributed by atoms with Crippen molar-refractivity contribution in [3.05, 3.63) is 34.7 Å². The summed E-state index contributed by atoms with van der Waals surface area (Å²) in [6, 6.07) is 1.94. The highest BCUT2D eigenvalue weighted by Crippen LogP contribution is 2.42. The van der Waals surface area contributed by atoms with E-state index in [1.54, 1.807) is 23.0 Å². The molecule has 1 unspecified atom stereocenters. The second-order valence-corrected chi connectivity index (χ2v) is 11.8. The van der Waals surface area contributed by atoms with E-state index in [9.17, 15) is 4.79 Å². The molecule has 5 heterocycles. The number of aromatic nitrogens is 6. The van der Waals surface area contributed by atoms with Crippen LogP contribution in [0.4, 0.5) is 0 Å². The maximum Gasteiger partial charge on any atom is 0.197 e. The smallest absolute Gasteiger partial charge is 0.197 e. The lowest BCUT2D eigenvalue weighted by atomic mass is 9.94. The summed E-state index contributed by atoms with van der Waals surface area (Å²) < 4.78 is 7.32. The van der Waals surface area contributed by atoms with E-state index in [2.05, 4.69) is 59.6 Å². The molecule has 1 fully saturated rings. The van der Waals surface area contributed by atoms with Crippen molar-refractivity contribution in [2.75, 3.05) is 39.8 Å². The van der Waals surface area contributed by atoms with Crippen molar-refractivity contribution in [2.45, 2.75) is 65.3 Å². The van der Waals surface area contributed by atoms with Crippen LogP contribution in [0.3, 0.4) is 0 Å². The molecule has 1 saturated heterocycles. The van der Waals surface area contributed by atoms with Gasteiger partial charge < -0.3 is 14.4 Å². The Morgan fingerprint density at radius 3 is 2.65 bits per heavy atom. The highest BCUT2D eigenvalue weighted by molar-refractivity contribution is 7.15. The SMILES string of the molecule is CCN(CC)C(C=O)CN1CCC(c2sc(-c3[nH]nc(-c4cc(OC)c5ncnn5c4)c3C(C)C)nc2C)CC1. The fraction of sp³-hybridized carbons (Fsp3) is 0.552. The zero-order chi connectivity index (χ0) is 28.4. The number of hydrogen-bond donors (Lipinski definition) is 1. The van der Waals surface area contributed by atoms with Gasteiger partial charge in [-0.05, 0) is 63.8 Å². The van der Waals surface area contributed by atoms with Crippen LogP contribution in [0.15, 0.2) is 18.6 Å². The summed E-state index contributed by atoms with van der Waals surface area (Å²) in [5, 5.41) is 13.4. The first kappa shape index (κ1) is 28.4. The number of fused-ring (bicyclic) bond motifs is 1. The number of nitrogens with one attached hydrogen (secondary N) is 1. The Kier molecular flexibility index (Phi) is 8.62. The number of H-pyrrole nitrogens is 1. The van der Waals surface area contributed by atoms with Crippen LogP contribution < -0.4 is 4.74 Å². The molecule has 214 valence electrons. The maximum atomic E-state index is 11.8. The van der Waals surface area contributed by atoms with Crippen LogP contribution in [0.1, 0.15) is 68.5 Å². The predicted molar refractivity (Wildman–Crippen MR) is 158 cm³/mol. The molecule has 11 heteroatoms. The first-order chi connectivity index (χ1) is 19.4. The molecule has 1 N–H and O–H groups in total. The molecule has 4 aromatic heterocycles. The number of aldehydes is 1. The Hall–Kier alpha value is -3.15. The average Bonchev–Trinajstić information content (AvgIpc) is 3.71. The number of likely N-dealkylation sites (tertiary alicyclic amines) is 1. The number of pyridine rings is 1. The number of aromatic amines is 1. The first-order valence-electron chi connectivity index (χ1n) is 14.2. The second kappa shape index (κ2) is 12.2. The minimum atomic E-state index is -0.0300. The summed E-state index contributed by atoms with van der Waals surface area (Å²) in [6.45, 7) is 15.3. The van der Waals surface area contributed by atoms with E-state index in [1.807, 2.05) is 12.3 Å². The Morgan fingerprint density at radius 1 is 1.25 bits per heavy atom. The minimum Gasteiger partial charge on any atom is -0.493 e. The van der Waals surface area contributed by atoms with E-state index in [4.69, 9.17) is 14.8 Å². The van der Waals surface area contributed by atoms with Gasteiger partial charge in [-0.25, -0.2) is 14.5 Å². The highest BCUT2D eigenvalue weighted by atomic mass is 32.1. The van der Waals surface area contributed by atoms with Gasteiger partial charge in [-0.15, -0.1) is 11.3 Å². The fourth-order valence-electron chi connectivity index (χ4n) is 5.94. The molecule has 0 aromatic carbocycles. The average molecular weight is 565 g/mol. The number of aryl methyl sites for hydroxylation is 1. The quantitative estimate of drug-likeness (QED) is 0.260. The van der Waals surface area contributed by atoms with Crippen molar-refractivity contribution in [1.82, 2.24) is 39.6 Å². The highest BCUT2D eigenvalue weighted by Gasteiger charge is 2.29. The van der Waals surface area contributed by atoms with Crippen LogP contribution in [0.25, 0.3) is 27.6 Å². The molecule has 0 spiro atoms. The summed E-state index contributed by atoms with van der Waals surface area (Å²) in [5.41, 5.74) is 5.68. The van der Waals surface area contributed by atoms with Crippen molar-refractivity contribution in [3.63, 3.8) is 0 Å². The van der Waals surface area contributed by atoms with Crippen LogP contribution in [0, 0.1) is 6.92 Å². The van der Waals surface area contributed by atoms with E-state index in [0.717, 1.165) is 85.1 Å². The normalized spacial score (nSPS) is 15.9. The molecule has 1 aliphatic heterocycles. The third-order valence-corrected chi connectivity index (χ3v) is 9.44. The predicted octanol–water partition coefficient (Wildman–Crippen LogP) is 4.77. The summed E-state index contributed by atoms with van der Waals surface area (Å²) in [4.78, 5) is 27.1. The Labute approximate surface area is 239 Å². The van der Waals surface area contributed by atoms with Crippen molar-refractivity contribution >= 4 is 23.3 Å². The number of methoxy groups -OCH3 is 1. The molecule has 0 bridgehead atoms. The van der Waals surface area contributed by atoms with Gasteiger partial charge in [0, 0.05) is 28.7 Å². The van der Waals surface area contributed by atoms with E-state index in [0.29, 0.717) is 17.3 Å². The monoisotopic (exact) mass is 564 g/mol. The molecule has 0 saturated carbocycles. The zero-order valence-electron chi connectivity index (χ0n) is 24.3. The minimum absolute atomic E-state index is 0.0300. The Morgan fingerprint density at radius 2 is 2.00 bits per heavy atom. The lowest BCUT2D eigenvalue weighted by molar-refractivity contribution is -0.113. The Bertz CT molecular complexity index is 1450. The fourth-order valence-corrected chi connectivity index (χ4v) is 7.19. The van der Waals surface area contributed by atoms with Gasteiger partial charge in [0.1, 0.15) is 17.6 Å². The molecule has 5 rings (SSSR count). The molecule has 10 nitrogen and oxygen atoms in total. The molecule has 1 atom stereocenters. The summed E-state index contributed by atoms with van der Waals surface area (Å²) in [6.07, 6.45) is 6.74. The van der Waals surface area contributed by atoms with Crippen LogP contribution in [-0.2, 0) is 4.79 Å². The van der Waals surface area contributed by atoms with Crippen LogP contribution >= 0.6 is 11.3 Å². The lowest BCUT2D eigenvalue weighted by Gasteiger charge is -2.35. The number of ether oxygens (including phenoxy) is 1. The number of piperidine rings is 1. The van der Waals surface area contributed by atoms with Crippen molar-refractivity contribution in [2.24, 2.45) is 0 Å². The van der Waals surface area contributed by atoms with Gasteiger partial charge in [-0.3, -0.25) is 10.00 Å². The topological polar surface area (TPSA) is 105 Å². The molecule has 4 aromatic rings.